The first-order valence-corrected chi connectivity index (χ1v) is 11.2. The van der Waals surface area contributed by atoms with Crippen LogP contribution in [0.4, 0.5) is 0 Å². The van der Waals surface area contributed by atoms with Gasteiger partial charge in [0.25, 0.3) is 0 Å². The zero-order chi connectivity index (χ0) is 19.0. The molecule has 0 aliphatic carbocycles. The first-order chi connectivity index (χ1) is 12.7. The maximum atomic E-state index is 9.93. The van der Waals surface area contributed by atoms with Gasteiger partial charge in [0.15, 0.2) is 11.5 Å². The van der Waals surface area contributed by atoms with E-state index in [9.17, 15) is 10.2 Å². The van der Waals surface area contributed by atoms with E-state index >= 15 is 0 Å². The van der Waals surface area contributed by atoms with E-state index in [1.54, 1.807) is 0 Å². The van der Waals surface area contributed by atoms with Crippen LogP contribution in [0.3, 0.4) is 0 Å². The molecule has 0 amide bonds. The van der Waals surface area contributed by atoms with Gasteiger partial charge < -0.3 is 10.2 Å². The molecule has 1 rings (SSSR count). The highest BCUT2D eigenvalue weighted by molar-refractivity contribution is 5.45. The Morgan fingerprint density at radius 2 is 1.15 bits per heavy atom. The molecular formula is C24H42O2. The van der Waals surface area contributed by atoms with Crippen molar-refractivity contribution in [1.29, 1.82) is 0 Å². The summed E-state index contributed by atoms with van der Waals surface area (Å²) in [6.45, 7) is 4.41. The monoisotopic (exact) mass is 362 g/mol. The first-order valence-electron chi connectivity index (χ1n) is 11.2. The van der Waals surface area contributed by atoms with Gasteiger partial charge in [-0.1, -0.05) is 116 Å². The number of phenolic OH excluding ortho intramolecular Hbond substituents is 2. The molecule has 26 heavy (non-hydrogen) atoms. The summed E-state index contributed by atoms with van der Waals surface area (Å²) in [5, 5.41) is 19.5. The second-order valence-corrected chi connectivity index (χ2v) is 8.00. The number of para-hydroxylation sites is 1. The van der Waals surface area contributed by atoms with Gasteiger partial charge in [0.2, 0.25) is 0 Å². The predicted octanol–water partition coefficient (Wildman–Crippen LogP) is 8.07. The topological polar surface area (TPSA) is 40.5 Å². The van der Waals surface area contributed by atoms with Crippen LogP contribution in [0.15, 0.2) is 18.2 Å². The van der Waals surface area contributed by atoms with Gasteiger partial charge >= 0.3 is 0 Å². The molecule has 2 N–H and O–H groups in total. The molecule has 0 heterocycles. The van der Waals surface area contributed by atoms with E-state index in [1.807, 2.05) is 12.1 Å². The smallest absolute Gasteiger partial charge is 0.160 e. The zero-order valence-corrected chi connectivity index (χ0v) is 17.3. The molecule has 1 unspecified atom stereocenters. The summed E-state index contributed by atoms with van der Waals surface area (Å²) in [7, 11) is 0. The summed E-state index contributed by atoms with van der Waals surface area (Å²) < 4.78 is 0. The molecule has 0 spiro atoms. The fourth-order valence-electron chi connectivity index (χ4n) is 3.75. The summed E-state index contributed by atoms with van der Waals surface area (Å²) in [6.07, 6.45) is 20.4. The van der Waals surface area contributed by atoms with Crippen LogP contribution in [0.25, 0.3) is 0 Å². The van der Waals surface area contributed by atoms with E-state index in [2.05, 4.69) is 13.8 Å². The van der Waals surface area contributed by atoms with Crippen LogP contribution in [-0.2, 0) is 0 Å². The molecule has 150 valence electrons. The van der Waals surface area contributed by atoms with E-state index in [0.717, 1.165) is 12.0 Å². The van der Waals surface area contributed by atoms with Crippen LogP contribution in [0.5, 0.6) is 11.5 Å². The second kappa shape index (κ2) is 14.9. The number of rotatable bonds is 16. The number of benzene rings is 1. The molecule has 0 aromatic heterocycles. The lowest BCUT2D eigenvalue weighted by atomic mass is 9.93. The first kappa shape index (κ1) is 22.9. The summed E-state index contributed by atoms with van der Waals surface area (Å²) >= 11 is 0. The maximum Gasteiger partial charge on any atom is 0.160 e. The van der Waals surface area contributed by atoms with Crippen molar-refractivity contribution in [2.75, 3.05) is 0 Å². The number of aromatic hydroxyl groups is 2. The van der Waals surface area contributed by atoms with Crippen LogP contribution in [0.1, 0.15) is 122 Å². The Hall–Kier alpha value is -1.18. The lowest BCUT2D eigenvalue weighted by Crippen LogP contribution is -1.94. The fourth-order valence-corrected chi connectivity index (χ4v) is 3.75. The Labute approximate surface area is 162 Å². The number of unbranched alkanes of at least 4 members (excludes halogenated alkanes) is 13. The van der Waals surface area contributed by atoms with Gasteiger partial charge in [-0.2, -0.15) is 0 Å². The molecule has 0 aliphatic rings. The van der Waals surface area contributed by atoms with E-state index in [1.165, 1.54) is 96.0 Å². The fraction of sp³-hybridized carbons (Fsp3) is 0.750. The lowest BCUT2D eigenvalue weighted by molar-refractivity contribution is 0.395. The largest absolute Gasteiger partial charge is 0.504 e. The number of hydrogen-bond acceptors (Lipinski definition) is 2. The highest BCUT2D eigenvalue weighted by Gasteiger charge is 2.12. The Morgan fingerprint density at radius 3 is 1.65 bits per heavy atom. The molecule has 0 saturated heterocycles. The van der Waals surface area contributed by atoms with Gasteiger partial charge in [-0.25, -0.2) is 0 Å². The van der Waals surface area contributed by atoms with Gasteiger partial charge in [-0.05, 0) is 18.4 Å². The minimum absolute atomic E-state index is 0.00434. The predicted molar refractivity (Wildman–Crippen MR) is 113 cm³/mol. The van der Waals surface area contributed by atoms with E-state index < -0.39 is 0 Å². The SMILES string of the molecule is CCCCCCCCCCCCCCCCC(C)c1cccc(O)c1O. The normalized spacial score (nSPS) is 12.4. The second-order valence-electron chi connectivity index (χ2n) is 8.00. The Kier molecular flexibility index (Phi) is 13.1. The van der Waals surface area contributed by atoms with Crippen molar-refractivity contribution in [3.8, 4) is 11.5 Å². The van der Waals surface area contributed by atoms with E-state index in [-0.39, 0.29) is 11.5 Å². The van der Waals surface area contributed by atoms with Crippen molar-refractivity contribution in [3.05, 3.63) is 23.8 Å². The van der Waals surface area contributed by atoms with Crippen LogP contribution >= 0.6 is 0 Å². The van der Waals surface area contributed by atoms with Crippen molar-refractivity contribution < 1.29 is 10.2 Å². The van der Waals surface area contributed by atoms with Crippen molar-refractivity contribution >= 4 is 0 Å². The Balaban J connectivity index is 1.91. The third kappa shape index (κ3) is 10.1. The summed E-state index contributed by atoms with van der Waals surface area (Å²) in [5.41, 5.74) is 0.875. The van der Waals surface area contributed by atoms with Crippen molar-refractivity contribution in [1.82, 2.24) is 0 Å². The maximum absolute atomic E-state index is 9.93. The van der Waals surface area contributed by atoms with Gasteiger partial charge in [0, 0.05) is 5.56 Å². The molecule has 0 saturated carbocycles. The summed E-state index contributed by atoms with van der Waals surface area (Å²) in [4.78, 5) is 0. The summed E-state index contributed by atoms with van der Waals surface area (Å²) in [6, 6.07) is 5.27. The molecule has 1 aromatic rings. The van der Waals surface area contributed by atoms with Gasteiger partial charge in [-0.15, -0.1) is 0 Å². The minimum atomic E-state index is -0.00434. The molecule has 0 fully saturated rings. The molecule has 1 aromatic carbocycles. The van der Waals surface area contributed by atoms with Crippen molar-refractivity contribution in [3.63, 3.8) is 0 Å². The highest BCUT2D eigenvalue weighted by Crippen LogP contribution is 2.35. The third-order valence-corrected chi connectivity index (χ3v) is 5.57. The molecule has 2 nitrogen and oxygen atoms in total. The van der Waals surface area contributed by atoms with Gasteiger partial charge in [0.1, 0.15) is 0 Å². The van der Waals surface area contributed by atoms with Crippen LogP contribution < -0.4 is 0 Å². The van der Waals surface area contributed by atoms with Crippen molar-refractivity contribution in [2.24, 2.45) is 0 Å². The highest BCUT2D eigenvalue weighted by atomic mass is 16.3. The molecule has 1 atom stereocenters. The van der Waals surface area contributed by atoms with E-state index in [4.69, 9.17) is 0 Å². The Bertz CT molecular complexity index is 456. The average molecular weight is 363 g/mol. The van der Waals surface area contributed by atoms with Gasteiger partial charge in [0.05, 0.1) is 0 Å². The molecule has 2 heteroatoms. The van der Waals surface area contributed by atoms with Crippen LogP contribution in [0.2, 0.25) is 0 Å². The van der Waals surface area contributed by atoms with Crippen LogP contribution in [0, 0.1) is 0 Å². The number of phenols is 2. The Morgan fingerprint density at radius 1 is 0.692 bits per heavy atom. The molecular weight excluding hydrogens is 320 g/mol. The average Bonchev–Trinajstić information content (AvgIpc) is 2.64. The third-order valence-electron chi connectivity index (χ3n) is 5.57. The van der Waals surface area contributed by atoms with Crippen molar-refractivity contribution in [2.45, 2.75) is 116 Å². The van der Waals surface area contributed by atoms with E-state index in [0.29, 0.717) is 5.92 Å². The number of hydrogen-bond donors (Lipinski definition) is 2. The molecule has 0 bridgehead atoms. The molecule has 0 radical (unpaired) electrons. The van der Waals surface area contributed by atoms with Gasteiger partial charge in [-0.3, -0.25) is 0 Å². The lowest BCUT2D eigenvalue weighted by Gasteiger charge is -2.14. The minimum Gasteiger partial charge on any atom is -0.504 e. The van der Waals surface area contributed by atoms with Crippen LogP contribution in [-0.4, -0.2) is 10.2 Å². The molecule has 0 aliphatic heterocycles. The zero-order valence-electron chi connectivity index (χ0n) is 17.3. The standard InChI is InChI=1S/C24H42O2/c1-3-4-5-6-7-8-9-10-11-12-13-14-15-16-18-21(2)22-19-17-20-23(25)24(22)26/h17,19-21,25-26H,3-16,18H2,1-2H3. The quantitative estimate of drug-likeness (QED) is 0.230. The summed E-state index contributed by atoms with van der Waals surface area (Å²) in [5.74, 6) is 0.361.